The number of esters is 4. The summed E-state index contributed by atoms with van der Waals surface area (Å²) in [6.07, 6.45) is -1.22. The first-order chi connectivity index (χ1) is 17.0. The van der Waals surface area contributed by atoms with Crippen LogP contribution in [0.1, 0.15) is 74.7 Å². The van der Waals surface area contributed by atoms with Crippen molar-refractivity contribution in [3.63, 3.8) is 0 Å². The summed E-state index contributed by atoms with van der Waals surface area (Å²) in [4.78, 5) is 50.6. The third-order valence-corrected chi connectivity index (χ3v) is 8.87. The molecule has 1 aliphatic heterocycles. The van der Waals surface area contributed by atoms with Gasteiger partial charge in [-0.25, -0.2) is 9.59 Å². The topological polar surface area (TPSA) is 146 Å². The average molecular weight is 525 g/mol. The number of rotatable bonds is 6. The Morgan fingerprint density at radius 3 is 2.35 bits per heavy atom. The van der Waals surface area contributed by atoms with Crippen molar-refractivity contribution >= 4 is 23.9 Å². The Balaban J connectivity index is 2.15. The first-order valence-corrected chi connectivity index (χ1v) is 12.9. The molecule has 0 spiro atoms. The van der Waals surface area contributed by atoms with E-state index < -0.39 is 82.7 Å². The molecular weight excluding hydrogens is 484 g/mol. The second-order valence-corrected chi connectivity index (χ2v) is 11.3. The first-order valence-electron chi connectivity index (χ1n) is 12.9. The maximum absolute atomic E-state index is 12.9. The highest BCUT2D eigenvalue weighted by Crippen LogP contribution is 2.59. The molecule has 1 unspecified atom stereocenters. The van der Waals surface area contributed by atoms with E-state index in [0.29, 0.717) is 12.0 Å². The van der Waals surface area contributed by atoms with Crippen LogP contribution in [0.2, 0.25) is 0 Å². The lowest BCUT2D eigenvalue weighted by molar-refractivity contribution is -0.216. The zero-order chi connectivity index (χ0) is 28.1. The number of carbonyl (C=O) groups is 4. The fourth-order valence-electron chi connectivity index (χ4n) is 6.19. The summed E-state index contributed by atoms with van der Waals surface area (Å²) in [6.45, 7) is 12.7. The van der Waals surface area contributed by atoms with Gasteiger partial charge in [-0.05, 0) is 40.5 Å². The lowest BCUT2D eigenvalue weighted by Gasteiger charge is -2.42. The third-order valence-electron chi connectivity index (χ3n) is 8.87. The zero-order valence-electron chi connectivity index (χ0n) is 22.9. The highest BCUT2D eigenvalue weighted by Gasteiger charge is 2.76. The molecule has 0 aromatic heterocycles. The summed E-state index contributed by atoms with van der Waals surface area (Å²) >= 11 is 0. The minimum absolute atomic E-state index is 0.197. The van der Waals surface area contributed by atoms with E-state index in [9.17, 15) is 29.4 Å². The molecule has 0 radical (unpaired) electrons. The largest absolute Gasteiger partial charge is 0.459 e. The Morgan fingerprint density at radius 1 is 1.19 bits per heavy atom. The number of fused-ring (bicyclic) bond motifs is 3. The lowest BCUT2D eigenvalue weighted by atomic mass is 9.72. The molecule has 3 aliphatic rings. The molecule has 1 saturated heterocycles. The quantitative estimate of drug-likeness (QED) is 0.301. The SMILES string of the molecule is CC=C(C)C(=O)O[C@@H]1C[C@H]2[C@@H]([C@H]1C)[C@@H]1OC(=O)[C@@](C)(O)[C@@]1(O)C(OC(=O)[C@@H](C)CC)C[C@]2(C)OC(C)=O. The number of allylic oxidation sites excluding steroid dienone is 1. The molecule has 0 aromatic rings. The average Bonchev–Trinajstić information content (AvgIpc) is 3.20. The summed E-state index contributed by atoms with van der Waals surface area (Å²) in [6, 6.07) is 0. The van der Waals surface area contributed by atoms with Crippen molar-refractivity contribution in [1.29, 1.82) is 0 Å². The van der Waals surface area contributed by atoms with Crippen molar-refractivity contribution in [1.82, 2.24) is 0 Å². The van der Waals surface area contributed by atoms with Crippen LogP contribution in [0.15, 0.2) is 11.6 Å². The van der Waals surface area contributed by atoms with Crippen LogP contribution in [0.25, 0.3) is 0 Å². The monoisotopic (exact) mass is 524 g/mol. The molecule has 0 amide bonds. The molecule has 3 fully saturated rings. The van der Waals surface area contributed by atoms with Gasteiger partial charge in [0.15, 0.2) is 11.2 Å². The molecule has 0 aromatic carbocycles. The fraction of sp³-hybridized carbons (Fsp3) is 0.778. The van der Waals surface area contributed by atoms with Gasteiger partial charge in [-0.3, -0.25) is 9.59 Å². The second-order valence-electron chi connectivity index (χ2n) is 11.3. The van der Waals surface area contributed by atoms with E-state index >= 15 is 0 Å². The predicted octanol–water partition coefficient (Wildman–Crippen LogP) is 2.23. The Morgan fingerprint density at radius 2 is 1.81 bits per heavy atom. The van der Waals surface area contributed by atoms with Gasteiger partial charge in [0, 0.05) is 36.7 Å². The number of aliphatic hydroxyl groups is 2. The number of ether oxygens (including phenoxy) is 4. The van der Waals surface area contributed by atoms with Crippen molar-refractivity contribution in [3.05, 3.63) is 11.6 Å². The Kier molecular flexibility index (Phi) is 7.88. The van der Waals surface area contributed by atoms with Crippen LogP contribution in [0, 0.1) is 23.7 Å². The van der Waals surface area contributed by atoms with Crippen LogP contribution in [0.4, 0.5) is 0 Å². The van der Waals surface area contributed by atoms with Crippen LogP contribution in [-0.4, -0.2) is 69.2 Å². The molecule has 0 bridgehead atoms. The van der Waals surface area contributed by atoms with E-state index in [-0.39, 0.29) is 12.8 Å². The van der Waals surface area contributed by atoms with E-state index in [0.717, 1.165) is 6.92 Å². The number of hydrogen-bond acceptors (Lipinski definition) is 10. The standard InChI is InChI=1S/C27H40O10/c1-9-13(3)22(29)34-18-11-17-20(15(18)5)21-27(33,26(8,32)24(31)36-21)19(35-23(30)14(4)10-2)12-25(17,7)37-16(6)28/h9,14-15,17-21,32-33H,10-12H2,1-8H3/t14-,15-,17-,18+,19?,20+,21-,25-,26+,27+/m0/s1. The molecule has 208 valence electrons. The van der Waals surface area contributed by atoms with Crippen molar-refractivity contribution in [2.45, 2.75) is 110 Å². The molecule has 37 heavy (non-hydrogen) atoms. The van der Waals surface area contributed by atoms with Gasteiger partial charge in [0.1, 0.15) is 23.9 Å². The molecule has 1 heterocycles. The zero-order valence-corrected chi connectivity index (χ0v) is 22.9. The minimum Gasteiger partial charge on any atom is -0.459 e. The van der Waals surface area contributed by atoms with Gasteiger partial charge >= 0.3 is 23.9 Å². The normalized spacial score (nSPS) is 42.1. The summed E-state index contributed by atoms with van der Waals surface area (Å²) in [5.41, 5.74) is -5.64. The van der Waals surface area contributed by atoms with Crippen LogP contribution in [0.5, 0.6) is 0 Å². The molecule has 10 heteroatoms. The maximum Gasteiger partial charge on any atom is 0.341 e. The lowest BCUT2D eigenvalue weighted by Crippen LogP contribution is -2.65. The van der Waals surface area contributed by atoms with Gasteiger partial charge in [0.2, 0.25) is 0 Å². The van der Waals surface area contributed by atoms with Gasteiger partial charge in [0.05, 0.1) is 5.92 Å². The minimum atomic E-state index is -2.42. The van der Waals surface area contributed by atoms with Crippen LogP contribution in [0.3, 0.4) is 0 Å². The van der Waals surface area contributed by atoms with Crippen molar-refractivity contribution in [2.24, 2.45) is 23.7 Å². The van der Waals surface area contributed by atoms with Crippen LogP contribution >= 0.6 is 0 Å². The van der Waals surface area contributed by atoms with E-state index in [1.165, 1.54) is 6.92 Å². The molecule has 10 nitrogen and oxygen atoms in total. The van der Waals surface area contributed by atoms with Crippen molar-refractivity contribution in [2.75, 3.05) is 0 Å². The molecular formula is C27H40O10. The summed E-state index contributed by atoms with van der Waals surface area (Å²) in [7, 11) is 0. The van der Waals surface area contributed by atoms with Crippen molar-refractivity contribution < 1.29 is 48.3 Å². The summed E-state index contributed by atoms with van der Waals surface area (Å²) in [5, 5.41) is 23.4. The summed E-state index contributed by atoms with van der Waals surface area (Å²) in [5.74, 6) is -4.97. The van der Waals surface area contributed by atoms with Gasteiger partial charge in [0.25, 0.3) is 0 Å². The van der Waals surface area contributed by atoms with Crippen LogP contribution < -0.4 is 0 Å². The molecule has 2 N–H and O–H groups in total. The predicted molar refractivity (Wildman–Crippen MR) is 130 cm³/mol. The van der Waals surface area contributed by atoms with Gasteiger partial charge in [-0.2, -0.15) is 0 Å². The number of hydrogen-bond donors (Lipinski definition) is 2. The highest BCUT2D eigenvalue weighted by molar-refractivity contribution is 5.87. The molecule has 2 aliphatic carbocycles. The molecule has 3 rings (SSSR count). The van der Waals surface area contributed by atoms with Gasteiger partial charge in [-0.15, -0.1) is 0 Å². The highest BCUT2D eigenvalue weighted by atomic mass is 16.6. The third kappa shape index (κ3) is 4.67. The van der Waals surface area contributed by atoms with E-state index in [2.05, 4.69) is 0 Å². The maximum atomic E-state index is 12.9. The van der Waals surface area contributed by atoms with E-state index in [1.807, 2.05) is 0 Å². The Labute approximate surface area is 217 Å². The Hall–Kier alpha value is -2.46. The summed E-state index contributed by atoms with van der Waals surface area (Å²) < 4.78 is 23.0. The fourth-order valence-corrected chi connectivity index (χ4v) is 6.19. The van der Waals surface area contributed by atoms with Gasteiger partial charge in [-0.1, -0.05) is 26.8 Å². The molecule has 2 saturated carbocycles. The second kappa shape index (κ2) is 10.0. The molecule has 10 atom stereocenters. The van der Waals surface area contributed by atoms with Crippen molar-refractivity contribution in [3.8, 4) is 0 Å². The van der Waals surface area contributed by atoms with E-state index in [1.54, 1.807) is 47.6 Å². The smallest absolute Gasteiger partial charge is 0.341 e. The number of carbonyl (C=O) groups excluding carboxylic acids is 4. The first kappa shape index (κ1) is 29.1. The van der Waals surface area contributed by atoms with Crippen LogP contribution in [-0.2, 0) is 38.1 Å². The Bertz CT molecular complexity index is 986. The van der Waals surface area contributed by atoms with Gasteiger partial charge < -0.3 is 29.2 Å². The van der Waals surface area contributed by atoms with E-state index in [4.69, 9.17) is 18.9 Å².